The van der Waals surface area contributed by atoms with Gasteiger partial charge in [0.2, 0.25) is 5.91 Å². The third kappa shape index (κ3) is 4.71. The molecule has 2 aliphatic rings. The van der Waals surface area contributed by atoms with Crippen molar-refractivity contribution in [1.29, 1.82) is 0 Å². The van der Waals surface area contributed by atoms with E-state index in [0.717, 1.165) is 42.1 Å². The minimum atomic E-state index is -0.137. The van der Waals surface area contributed by atoms with E-state index in [-0.39, 0.29) is 24.5 Å². The molecule has 3 aromatic rings. The smallest absolute Gasteiger partial charge is 0.289 e. The molecule has 0 saturated carbocycles. The molecule has 0 unspecified atom stereocenters. The van der Waals surface area contributed by atoms with Crippen LogP contribution < -0.4 is 4.74 Å². The molecule has 1 aromatic heterocycles. The van der Waals surface area contributed by atoms with E-state index in [1.165, 1.54) is 5.56 Å². The second kappa shape index (κ2) is 9.97. The molecule has 7 heteroatoms. The summed E-state index contributed by atoms with van der Waals surface area (Å²) in [4.78, 5) is 28.8. The third-order valence-electron chi connectivity index (χ3n) is 6.42. The average Bonchev–Trinajstić information content (AvgIpc) is 3.36. The molecule has 1 saturated heterocycles. The van der Waals surface area contributed by atoms with Gasteiger partial charge in [-0.05, 0) is 47.4 Å². The van der Waals surface area contributed by atoms with Crippen LogP contribution in [0.2, 0.25) is 0 Å². The van der Waals surface area contributed by atoms with Crippen LogP contribution in [-0.4, -0.2) is 52.8 Å². The fourth-order valence-corrected chi connectivity index (χ4v) is 5.57. The van der Waals surface area contributed by atoms with Crippen molar-refractivity contribution in [2.75, 3.05) is 31.1 Å². The summed E-state index contributed by atoms with van der Waals surface area (Å²) in [7, 11) is 0. The first-order chi connectivity index (χ1) is 16.6. The normalized spacial score (nSPS) is 17.9. The molecule has 0 bridgehead atoms. The van der Waals surface area contributed by atoms with E-state index in [1.807, 2.05) is 51.9 Å². The summed E-state index contributed by atoms with van der Waals surface area (Å²) in [5, 5.41) is 0. The van der Waals surface area contributed by atoms with Gasteiger partial charge in [0.15, 0.2) is 5.76 Å². The minimum Gasteiger partial charge on any atom is -0.486 e. The second-order valence-corrected chi connectivity index (χ2v) is 9.82. The summed E-state index contributed by atoms with van der Waals surface area (Å²) in [6, 6.07) is 19.6. The summed E-state index contributed by atoms with van der Waals surface area (Å²) in [6.07, 6.45) is 0.817. The lowest BCUT2D eigenvalue weighted by atomic mass is 9.88. The van der Waals surface area contributed by atoms with Gasteiger partial charge < -0.3 is 19.0 Å². The number of carbonyl (C=O) groups is 2. The number of fused-ring (bicyclic) bond motifs is 1. The van der Waals surface area contributed by atoms with E-state index in [4.69, 9.17) is 9.15 Å². The van der Waals surface area contributed by atoms with Crippen molar-refractivity contribution >= 4 is 23.6 Å². The van der Waals surface area contributed by atoms with Gasteiger partial charge in [0.1, 0.15) is 18.1 Å². The van der Waals surface area contributed by atoms with Crippen LogP contribution in [0.25, 0.3) is 0 Å². The van der Waals surface area contributed by atoms with Crippen molar-refractivity contribution in [3.05, 3.63) is 88.9 Å². The molecule has 0 N–H and O–H groups in total. The van der Waals surface area contributed by atoms with E-state index < -0.39 is 0 Å². The van der Waals surface area contributed by atoms with Crippen LogP contribution in [0, 0.1) is 0 Å². The molecule has 0 aliphatic carbocycles. The topological polar surface area (TPSA) is 63.0 Å². The predicted molar refractivity (Wildman–Crippen MR) is 132 cm³/mol. The summed E-state index contributed by atoms with van der Waals surface area (Å²) in [6.45, 7) is 4.06. The molecule has 1 fully saturated rings. The number of hydrogen-bond donors (Lipinski definition) is 0. The summed E-state index contributed by atoms with van der Waals surface area (Å²) in [5.41, 5.74) is 3.40. The lowest BCUT2D eigenvalue weighted by Crippen LogP contribution is -2.39. The van der Waals surface area contributed by atoms with Crippen LogP contribution in [-0.2, 0) is 17.8 Å². The number of rotatable bonds is 5. The van der Waals surface area contributed by atoms with Crippen LogP contribution >= 0.6 is 11.8 Å². The predicted octanol–water partition coefficient (Wildman–Crippen LogP) is 4.54. The van der Waals surface area contributed by atoms with Crippen LogP contribution in [0.1, 0.15) is 46.0 Å². The molecule has 2 aromatic carbocycles. The number of ether oxygens (including phenoxy) is 1. The first-order valence-corrected chi connectivity index (χ1v) is 12.8. The number of nitrogens with zero attached hydrogens (tertiary/aromatic N) is 2. The van der Waals surface area contributed by atoms with Crippen molar-refractivity contribution in [3.8, 4) is 5.75 Å². The van der Waals surface area contributed by atoms with Gasteiger partial charge >= 0.3 is 0 Å². The maximum absolute atomic E-state index is 12.7. The van der Waals surface area contributed by atoms with Crippen molar-refractivity contribution in [3.63, 3.8) is 0 Å². The molecule has 5 rings (SSSR count). The van der Waals surface area contributed by atoms with E-state index in [9.17, 15) is 9.59 Å². The molecular weight excluding hydrogens is 448 g/mol. The second-order valence-electron chi connectivity index (χ2n) is 8.60. The highest BCUT2D eigenvalue weighted by Gasteiger charge is 2.30. The monoisotopic (exact) mass is 476 g/mol. The standard InChI is InChI=1S/C27H28N2O4S/c1-19(30)29-12-11-20-7-8-22(17-24(20)26(29)21-5-3-2-4-6-21)32-18-23-9-10-25(33-23)27(31)28-13-15-34-16-14-28/h2-10,17,26H,11-16,18H2,1H3/t26-/m1/s1. The molecule has 3 heterocycles. The number of benzene rings is 2. The Bertz CT molecular complexity index is 1170. The Morgan fingerprint density at radius 1 is 1.03 bits per heavy atom. The van der Waals surface area contributed by atoms with Gasteiger partial charge in [0.05, 0.1) is 6.04 Å². The number of thioether (sulfide) groups is 1. The molecule has 176 valence electrons. The Labute approximate surface area is 203 Å². The Morgan fingerprint density at radius 2 is 1.82 bits per heavy atom. The number of hydrogen-bond acceptors (Lipinski definition) is 5. The van der Waals surface area contributed by atoms with Crippen LogP contribution in [0.4, 0.5) is 0 Å². The lowest BCUT2D eigenvalue weighted by molar-refractivity contribution is -0.130. The third-order valence-corrected chi connectivity index (χ3v) is 7.36. The first kappa shape index (κ1) is 22.6. The van der Waals surface area contributed by atoms with Crippen molar-refractivity contribution in [1.82, 2.24) is 9.80 Å². The van der Waals surface area contributed by atoms with Crippen molar-refractivity contribution in [2.45, 2.75) is 26.0 Å². The van der Waals surface area contributed by atoms with Gasteiger partial charge in [-0.1, -0.05) is 36.4 Å². The van der Waals surface area contributed by atoms with E-state index in [2.05, 4.69) is 18.2 Å². The van der Waals surface area contributed by atoms with Crippen molar-refractivity contribution < 1.29 is 18.7 Å². The molecule has 34 heavy (non-hydrogen) atoms. The highest BCUT2D eigenvalue weighted by atomic mass is 32.2. The van der Waals surface area contributed by atoms with Gasteiger partial charge in [0.25, 0.3) is 5.91 Å². The van der Waals surface area contributed by atoms with Crippen molar-refractivity contribution in [2.24, 2.45) is 0 Å². The van der Waals surface area contributed by atoms with Crippen LogP contribution in [0.5, 0.6) is 5.75 Å². The number of amides is 2. The Kier molecular flexibility index (Phi) is 6.63. The fraction of sp³-hybridized carbons (Fsp3) is 0.333. The molecule has 1 atom stereocenters. The Hall–Kier alpha value is -3.19. The van der Waals surface area contributed by atoms with Gasteiger partial charge in [-0.25, -0.2) is 0 Å². The zero-order chi connectivity index (χ0) is 23.5. The number of furan rings is 1. The first-order valence-electron chi connectivity index (χ1n) is 11.6. The van der Waals surface area contributed by atoms with E-state index >= 15 is 0 Å². The summed E-state index contributed by atoms with van der Waals surface area (Å²) < 4.78 is 11.8. The van der Waals surface area contributed by atoms with Gasteiger partial charge in [-0.3, -0.25) is 9.59 Å². The zero-order valence-electron chi connectivity index (χ0n) is 19.2. The molecule has 0 spiro atoms. The number of carbonyl (C=O) groups excluding carboxylic acids is 2. The molecule has 6 nitrogen and oxygen atoms in total. The fourth-order valence-electron chi connectivity index (χ4n) is 4.66. The van der Waals surface area contributed by atoms with Gasteiger partial charge in [-0.15, -0.1) is 0 Å². The van der Waals surface area contributed by atoms with Gasteiger partial charge in [0, 0.05) is 38.1 Å². The lowest BCUT2D eigenvalue weighted by Gasteiger charge is -2.37. The molecule has 2 aliphatic heterocycles. The zero-order valence-corrected chi connectivity index (χ0v) is 20.1. The molecule has 0 radical (unpaired) electrons. The maximum atomic E-state index is 12.7. The van der Waals surface area contributed by atoms with Crippen LogP contribution in [0.3, 0.4) is 0 Å². The summed E-state index contributed by atoms with van der Waals surface area (Å²) >= 11 is 1.87. The highest BCUT2D eigenvalue weighted by molar-refractivity contribution is 7.99. The highest BCUT2D eigenvalue weighted by Crippen LogP contribution is 2.37. The Balaban J connectivity index is 1.33. The maximum Gasteiger partial charge on any atom is 0.289 e. The van der Waals surface area contributed by atoms with E-state index in [0.29, 0.717) is 23.8 Å². The molecular formula is C27H28N2O4S. The largest absolute Gasteiger partial charge is 0.486 e. The SMILES string of the molecule is CC(=O)N1CCc2ccc(OCc3ccc(C(=O)N4CCSCC4)o3)cc2[C@H]1c1ccccc1. The minimum absolute atomic E-state index is 0.0599. The van der Waals surface area contributed by atoms with E-state index in [1.54, 1.807) is 19.1 Å². The van der Waals surface area contributed by atoms with Crippen LogP contribution in [0.15, 0.2) is 65.1 Å². The Morgan fingerprint density at radius 3 is 2.59 bits per heavy atom. The average molecular weight is 477 g/mol. The summed E-state index contributed by atoms with van der Waals surface area (Å²) in [5.74, 6) is 3.61. The molecule has 2 amide bonds. The quantitative estimate of drug-likeness (QED) is 0.541. The van der Waals surface area contributed by atoms with Gasteiger partial charge in [-0.2, -0.15) is 11.8 Å².